The number of hydrogen-bond donors (Lipinski definition) is 1. The van der Waals surface area contributed by atoms with Crippen LogP contribution < -0.4 is 5.32 Å². The lowest BCUT2D eigenvalue weighted by molar-refractivity contribution is 0.0746. The second-order valence-electron chi connectivity index (χ2n) is 5.48. The number of nitrogens with zero attached hydrogens (tertiary/aromatic N) is 2. The minimum absolute atomic E-state index is 0.196. The number of methoxy groups -OCH3 is 1. The van der Waals surface area contributed by atoms with Crippen LogP contribution in [0, 0.1) is 0 Å². The first-order valence-corrected chi connectivity index (χ1v) is 8.22. The molecule has 0 saturated carbocycles. The number of benzene rings is 1. The van der Waals surface area contributed by atoms with E-state index >= 15 is 0 Å². The molecule has 25 heavy (non-hydrogen) atoms. The quantitative estimate of drug-likeness (QED) is 0.747. The summed E-state index contributed by atoms with van der Waals surface area (Å²) in [7, 11) is 1.57. The zero-order valence-electron chi connectivity index (χ0n) is 14.6. The Morgan fingerprint density at radius 2 is 1.96 bits per heavy atom. The second kappa shape index (κ2) is 9.54. The lowest BCUT2D eigenvalue weighted by Gasteiger charge is -2.20. The van der Waals surface area contributed by atoms with Gasteiger partial charge in [-0.3, -0.25) is 14.6 Å². The van der Waals surface area contributed by atoms with Crippen LogP contribution in [0.4, 0.5) is 0 Å². The molecular weight excluding hydrogens is 318 g/mol. The van der Waals surface area contributed by atoms with Crippen LogP contribution in [0.5, 0.6) is 0 Å². The van der Waals surface area contributed by atoms with Crippen molar-refractivity contribution in [1.82, 2.24) is 15.2 Å². The monoisotopic (exact) mass is 341 g/mol. The average Bonchev–Trinajstić information content (AvgIpc) is 2.66. The maximum Gasteiger partial charge on any atom is 0.272 e. The summed E-state index contributed by atoms with van der Waals surface area (Å²) < 4.78 is 4.90. The van der Waals surface area contributed by atoms with Crippen LogP contribution in [-0.2, 0) is 11.3 Å². The van der Waals surface area contributed by atoms with E-state index in [1.165, 1.54) is 12.3 Å². The van der Waals surface area contributed by atoms with Crippen molar-refractivity contribution in [2.45, 2.75) is 13.5 Å². The summed E-state index contributed by atoms with van der Waals surface area (Å²) in [6.07, 6.45) is 1.48. The molecule has 0 spiro atoms. The number of carbonyl (C=O) groups is 2. The molecule has 1 N–H and O–H groups in total. The molecular formula is C19H23N3O3. The summed E-state index contributed by atoms with van der Waals surface area (Å²) in [4.78, 5) is 30.7. The van der Waals surface area contributed by atoms with Crippen molar-refractivity contribution < 1.29 is 14.3 Å². The Morgan fingerprint density at radius 3 is 2.64 bits per heavy atom. The lowest BCUT2D eigenvalue weighted by atomic mass is 10.1. The zero-order valence-corrected chi connectivity index (χ0v) is 14.6. The summed E-state index contributed by atoms with van der Waals surface area (Å²) in [6.45, 7) is 3.82. The zero-order chi connectivity index (χ0) is 18.1. The van der Waals surface area contributed by atoms with Gasteiger partial charge in [-0.2, -0.15) is 0 Å². The van der Waals surface area contributed by atoms with E-state index in [0.717, 1.165) is 5.56 Å². The summed E-state index contributed by atoms with van der Waals surface area (Å²) in [5, 5.41) is 2.73. The number of hydrogen-bond acceptors (Lipinski definition) is 4. The number of ether oxygens (including phenoxy) is 1. The fraction of sp³-hybridized carbons (Fsp3) is 0.316. The van der Waals surface area contributed by atoms with Crippen LogP contribution in [0.15, 0.2) is 48.7 Å². The number of carbonyl (C=O) groups excluding carboxylic acids is 2. The summed E-state index contributed by atoms with van der Waals surface area (Å²) in [5.74, 6) is -0.447. The third kappa shape index (κ3) is 5.39. The van der Waals surface area contributed by atoms with E-state index in [1.807, 2.05) is 37.3 Å². The van der Waals surface area contributed by atoms with Crippen molar-refractivity contribution in [3.8, 4) is 0 Å². The van der Waals surface area contributed by atoms with E-state index in [4.69, 9.17) is 4.74 Å². The van der Waals surface area contributed by atoms with Crippen molar-refractivity contribution in [2.75, 3.05) is 26.8 Å². The van der Waals surface area contributed by atoms with Crippen LogP contribution in [-0.4, -0.2) is 48.5 Å². The molecule has 1 aromatic carbocycles. The second-order valence-corrected chi connectivity index (χ2v) is 5.48. The first-order valence-electron chi connectivity index (χ1n) is 8.22. The molecule has 1 heterocycles. The number of pyridine rings is 1. The fourth-order valence-electron chi connectivity index (χ4n) is 2.35. The van der Waals surface area contributed by atoms with Gasteiger partial charge in [-0.1, -0.05) is 30.3 Å². The molecule has 0 atom stereocenters. The summed E-state index contributed by atoms with van der Waals surface area (Å²) in [5.41, 5.74) is 1.72. The predicted molar refractivity (Wildman–Crippen MR) is 95.3 cm³/mol. The van der Waals surface area contributed by atoms with Gasteiger partial charge in [0, 0.05) is 38.5 Å². The third-order valence-corrected chi connectivity index (χ3v) is 3.72. The molecule has 0 fully saturated rings. The Morgan fingerprint density at radius 1 is 1.20 bits per heavy atom. The standard InChI is InChI=1S/C19H23N3O3/c1-3-22(14-15-7-5-4-6-8-15)19(24)17-13-16(9-10-20-17)18(23)21-11-12-25-2/h4-10,13H,3,11-12,14H2,1-2H3,(H,21,23). The van der Waals surface area contributed by atoms with Gasteiger partial charge in [0.1, 0.15) is 5.69 Å². The largest absolute Gasteiger partial charge is 0.383 e. The highest BCUT2D eigenvalue weighted by Crippen LogP contribution is 2.10. The number of aromatic nitrogens is 1. The number of amides is 2. The molecule has 0 unspecified atom stereocenters. The summed E-state index contributed by atoms with van der Waals surface area (Å²) >= 11 is 0. The van der Waals surface area contributed by atoms with Gasteiger partial charge in [-0.25, -0.2) is 0 Å². The molecule has 132 valence electrons. The van der Waals surface area contributed by atoms with E-state index < -0.39 is 0 Å². The van der Waals surface area contributed by atoms with Crippen LogP contribution in [0.3, 0.4) is 0 Å². The van der Waals surface area contributed by atoms with Crippen molar-refractivity contribution in [3.05, 3.63) is 65.5 Å². The number of nitrogens with one attached hydrogen (secondary N) is 1. The van der Waals surface area contributed by atoms with Crippen molar-refractivity contribution in [2.24, 2.45) is 0 Å². The van der Waals surface area contributed by atoms with Crippen molar-refractivity contribution >= 4 is 11.8 Å². The first kappa shape index (κ1) is 18.6. The topological polar surface area (TPSA) is 71.5 Å². The Balaban J connectivity index is 2.09. The van der Waals surface area contributed by atoms with Gasteiger partial charge in [0.25, 0.3) is 11.8 Å². The van der Waals surface area contributed by atoms with Crippen LogP contribution in [0.25, 0.3) is 0 Å². The molecule has 0 radical (unpaired) electrons. The van der Waals surface area contributed by atoms with Crippen molar-refractivity contribution in [3.63, 3.8) is 0 Å². The van der Waals surface area contributed by atoms with E-state index in [9.17, 15) is 9.59 Å². The minimum atomic E-state index is -0.250. The smallest absolute Gasteiger partial charge is 0.272 e. The maximum atomic E-state index is 12.7. The molecule has 2 amide bonds. The van der Waals surface area contributed by atoms with E-state index in [-0.39, 0.29) is 17.5 Å². The van der Waals surface area contributed by atoms with Crippen LogP contribution in [0.1, 0.15) is 33.3 Å². The van der Waals surface area contributed by atoms with Gasteiger partial charge in [-0.05, 0) is 24.6 Å². The molecule has 0 aliphatic carbocycles. The molecule has 0 bridgehead atoms. The first-order chi connectivity index (χ1) is 12.2. The Bertz CT molecular complexity index is 704. The Hall–Kier alpha value is -2.73. The normalized spacial score (nSPS) is 10.3. The van der Waals surface area contributed by atoms with Crippen LogP contribution in [0.2, 0.25) is 0 Å². The number of rotatable bonds is 8. The average molecular weight is 341 g/mol. The Kier molecular flexibility index (Phi) is 7.10. The van der Waals surface area contributed by atoms with Gasteiger partial charge in [0.2, 0.25) is 0 Å². The molecule has 0 aliphatic rings. The van der Waals surface area contributed by atoms with Gasteiger partial charge >= 0.3 is 0 Å². The molecule has 0 aliphatic heterocycles. The SMILES string of the molecule is CCN(Cc1ccccc1)C(=O)c1cc(C(=O)NCCOC)ccn1. The molecule has 2 rings (SSSR count). The fourth-order valence-corrected chi connectivity index (χ4v) is 2.35. The van der Waals surface area contributed by atoms with Crippen molar-refractivity contribution in [1.29, 1.82) is 0 Å². The molecule has 2 aromatic rings. The van der Waals surface area contributed by atoms with Gasteiger partial charge in [0.05, 0.1) is 6.61 Å². The predicted octanol–water partition coefficient (Wildman–Crippen LogP) is 2.12. The van der Waals surface area contributed by atoms with E-state index in [0.29, 0.717) is 31.8 Å². The van der Waals surface area contributed by atoms with E-state index in [2.05, 4.69) is 10.3 Å². The Labute approximate surface area is 147 Å². The maximum absolute atomic E-state index is 12.7. The van der Waals surface area contributed by atoms with E-state index in [1.54, 1.807) is 18.1 Å². The minimum Gasteiger partial charge on any atom is -0.383 e. The molecule has 6 heteroatoms. The summed E-state index contributed by atoms with van der Waals surface area (Å²) in [6, 6.07) is 12.9. The lowest BCUT2D eigenvalue weighted by Crippen LogP contribution is -2.31. The molecule has 6 nitrogen and oxygen atoms in total. The highest BCUT2D eigenvalue weighted by Gasteiger charge is 2.17. The third-order valence-electron chi connectivity index (χ3n) is 3.72. The molecule has 1 aromatic heterocycles. The molecule has 0 saturated heterocycles. The van der Waals surface area contributed by atoms with Gasteiger partial charge in [-0.15, -0.1) is 0 Å². The van der Waals surface area contributed by atoms with Crippen LogP contribution >= 0.6 is 0 Å². The highest BCUT2D eigenvalue weighted by atomic mass is 16.5. The van der Waals surface area contributed by atoms with Gasteiger partial charge < -0.3 is 15.0 Å². The highest BCUT2D eigenvalue weighted by molar-refractivity contribution is 5.98. The van der Waals surface area contributed by atoms with Gasteiger partial charge in [0.15, 0.2) is 0 Å².